The van der Waals surface area contributed by atoms with Crippen molar-refractivity contribution in [1.29, 1.82) is 0 Å². The highest BCUT2D eigenvalue weighted by Crippen LogP contribution is 2.27. The number of benzene rings is 1. The van der Waals surface area contributed by atoms with Crippen LogP contribution in [0.2, 0.25) is 0 Å². The van der Waals surface area contributed by atoms with Gasteiger partial charge in [-0.2, -0.15) is 0 Å². The molecule has 0 bridgehead atoms. The molecule has 1 atom stereocenters. The SMILES string of the molecule is CCOC(=O)[C@H](Cc1ccc(OC)cc1)NC(=O)C1(N)CCCC1. The van der Waals surface area contributed by atoms with E-state index in [9.17, 15) is 9.59 Å². The Morgan fingerprint density at radius 2 is 1.88 bits per heavy atom. The van der Waals surface area contributed by atoms with E-state index in [-0.39, 0.29) is 12.5 Å². The van der Waals surface area contributed by atoms with Crippen LogP contribution in [0.4, 0.5) is 0 Å². The summed E-state index contributed by atoms with van der Waals surface area (Å²) in [5.74, 6) is 0.0252. The minimum absolute atomic E-state index is 0.265. The van der Waals surface area contributed by atoms with Crippen LogP contribution in [0.1, 0.15) is 38.2 Å². The molecule has 0 spiro atoms. The van der Waals surface area contributed by atoms with Gasteiger partial charge in [0.25, 0.3) is 0 Å². The van der Waals surface area contributed by atoms with Crippen molar-refractivity contribution in [3.05, 3.63) is 29.8 Å². The van der Waals surface area contributed by atoms with E-state index in [1.807, 2.05) is 24.3 Å². The largest absolute Gasteiger partial charge is 0.497 e. The lowest BCUT2D eigenvalue weighted by atomic mass is 9.96. The van der Waals surface area contributed by atoms with Crippen molar-refractivity contribution < 1.29 is 19.1 Å². The number of esters is 1. The highest BCUT2D eigenvalue weighted by Gasteiger charge is 2.39. The normalized spacial score (nSPS) is 17.1. The number of hydrogen-bond donors (Lipinski definition) is 2. The lowest BCUT2D eigenvalue weighted by Gasteiger charge is -2.26. The topological polar surface area (TPSA) is 90.6 Å². The Hall–Kier alpha value is -2.08. The number of methoxy groups -OCH3 is 1. The molecule has 1 saturated carbocycles. The minimum Gasteiger partial charge on any atom is -0.497 e. The molecule has 6 nitrogen and oxygen atoms in total. The van der Waals surface area contributed by atoms with Crippen molar-refractivity contribution in [2.45, 2.75) is 50.6 Å². The van der Waals surface area contributed by atoms with Crippen LogP contribution in [0.15, 0.2) is 24.3 Å². The third-order valence-electron chi connectivity index (χ3n) is 4.42. The lowest BCUT2D eigenvalue weighted by Crippen LogP contribution is -2.56. The van der Waals surface area contributed by atoms with Crippen LogP contribution in [0.25, 0.3) is 0 Å². The molecular weight excluding hydrogens is 308 g/mol. The molecule has 2 rings (SSSR count). The Kier molecular flexibility index (Phi) is 6.20. The summed E-state index contributed by atoms with van der Waals surface area (Å²) in [6.45, 7) is 2.01. The standard InChI is InChI=1S/C18H26N2O4/c1-3-24-16(21)15(12-13-6-8-14(23-2)9-7-13)20-17(22)18(19)10-4-5-11-18/h6-9,15H,3-5,10-12,19H2,1-2H3,(H,20,22)/t15-/m0/s1. The zero-order valence-corrected chi connectivity index (χ0v) is 14.3. The van der Waals surface area contributed by atoms with Gasteiger partial charge in [0.2, 0.25) is 5.91 Å². The van der Waals surface area contributed by atoms with Crippen molar-refractivity contribution in [1.82, 2.24) is 5.32 Å². The monoisotopic (exact) mass is 334 g/mol. The number of carbonyl (C=O) groups excluding carboxylic acids is 2. The van der Waals surface area contributed by atoms with E-state index in [0.717, 1.165) is 24.2 Å². The van der Waals surface area contributed by atoms with Crippen LogP contribution in [0.3, 0.4) is 0 Å². The van der Waals surface area contributed by atoms with E-state index in [1.165, 1.54) is 0 Å². The molecule has 0 heterocycles. The van der Waals surface area contributed by atoms with Crippen molar-refractivity contribution >= 4 is 11.9 Å². The van der Waals surface area contributed by atoms with Crippen LogP contribution in [-0.4, -0.2) is 37.2 Å². The second-order valence-electron chi connectivity index (χ2n) is 6.19. The van der Waals surface area contributed by atoms with E-state index in [1.54, 1.807) is 14.0 Å². The molecule has 1 aromatic carbocycles. The highest BCUT2D eigenvalue weighted by atomic mass is 16.5. The number of rotatable bonds is 7. The van der Waals surface area contributed by atoms with Crippen LogP contribution < -0.4 is 15.8 Å². The van der Waals surface area contributed by atoms with Crippen LogP contribution in [0, 0.1) is 0 Å². The fourth-order valence-electron chi connectivity index (χ4n) is 2.97. The zero-order valence-electron chi connectivity index (χ0n) is 14.3. The van der Waals surface area contributed by atoms with E-state index in [2.05, 4.69) is 5.32 Å². The summed E-state index contributed by atoms with van der Waals surface area (Å²) in [5, 5.41) is 2.79. The van der Waals surface area contributed by atoms with Gasteiger partial charge in [-0.05, 0) is 37.5 Å². The van der Waals surface area contributed by atoms with Crippen LogP contribution >= 0.6 is 0 Å². The highest BCUT2D eigenvalue weighted by molar-refractivity contribution is 5.90. The smallest absolute Gasteiger partial charge is 0.328 e. The number of ether oxygens (including phenoxy) is 2. The molecule has 0 saturated heterocycles. The molecular formula is C18H26N2O4. The predicted octanol–water partition coefficient (Wildman–Crippen LogP) is 1.56. The molecule has 1 amide bonds. The first-order valence-electron chi connectivity index (χ1n) is 8.38. The summed E-state index contributed by atoms with van der Waals surface area (Å²) < 4.78 is 10.2. The number of nitrogens with two attached hydrogens (primary N) is 1. The molecule has 0 unspecified atom stereocenters. The number of carbonyl (C=O) groups is 2. The van der Waals surface area contributed by atoms with Gasteiger partial charge in [0, 0.05) is 6.42 Å². The third kappa shape index (κ3) is 4.47. The second kappa shape index (κ2) is 8.15. The van der Waals surface area contributed by atoms with Gasteiger partial charge >= 0.3 is 5.97 Å². The summed E-state index contributed by atoms with van der Waals surface area (Å²) in [7, 11) is 1.60. The van der Waals surface area contributed by atoms with Gasteiger partial charge < -0.3 is 20.5 Å². The molecule has 3 N–H and O–H groups in total. The third-order valence-corrected chi connectivity index (χ3v) is 4.42. The molecule has 1 fully saturated rings. The maximum atomic E-state index is 12.5. The van der Waals surface area contributed by atoms with Crippen molar-refractivity contribution in [2.75, 3.05) is 13.7 Å². The van der Waals surface area contributed by atoms with E-state index < -0.39 is 17.6 Å². The summed E-state index contributed by atoms with van der Waals surface area (Å²) in [5.41, 5.74) is 6.21. The molecule has 1 aliphatic carbocycles. The first kappa shape index (κ1) is 18.3. The van der Waals surface area contributed by atoms with Crippen LogP contribution in [0.5, 0.6) is 5.75 Å². The molecule has 0 aromatic heterocycles. The summed E-state index contributed by atoms with van der Waals surface area (Å²) in [4.78, 5) is 24.7. The molecule has 132 valence electrons. The molecule has 1 aliphatic rings. The Morgan fingerprint density at radius 3 is 2.42 bits per heavy atom. The lowest BCUT2D eigenvalue weighted by molar-refractivity contribution is -0.148. The fraction of sp³-hybridized carbons (Fsp3) is 0.556. The minimum atomic E-state index is -0.870. The second-order valence-corrected chi connectivity index (χ2v) is 6.19. The first-order chi connectivity index (χ1) is 11.5. The Balaban J connectivity index is 2.08. The molecule has 0 aliphatic heterocycles. The maximum absolute atomic E-state index is 12.5. The van der Waals surface area contributed by atoms with E-state index in [4.69, 9.17) is 15.2 Å². The van der Waals surface area contributed by atoms with Gasteiger partial charge in [0.1, 0.15) is 11.8 Å². The Bertz CT molecular complexity index is 565. The number of nitrogens with one attached hydrogen (secondary N) is 1. The molecule has 1 aromatic rings. The quantitative estimate of drug-likeness (QED) is 0.739. The van der Waals surface area contributed by atoms with Gasteiger partial charge in [-0.1, -0.05) is 25.0 Å². The maximum Gasteiger partial charge on any atom is 0.328 e. The van der Waals surface area contributed by atoms with E-state index >= 15 is 0 Å². The van der Waals surface area contributed by atoms with Crippen molar-refractivity contribution in [3.8, 4) is 5.75 Å². The fourth-order valence-corrected chi connectivity index (χ4v) is 2.97. The summed E-state index contributed by atoms with van der Waals surface area (Å²) >= 11 is 0. The molecule has 0 radical (unpaired) electrons. The molecule has 24 heavy (non-hydrogen) atoms. The van der Waals surface area contributed by atoms with Gasteiger partial charge in [-0.3, -0.25) is 4.79 Å². The van der Waals surface area contributed by atoms with Gasteiger partial charge in [0.05, 0.1) is 19.3 Å². The number of amides is 1. The number of hydrogen-bond acceptors (Lipinski definition) is 5. The Morgan fingerprint density at radius 1 is 1.25 bits per heavy atom. The Labute approximate surface area is 142 Å². The van der Waals surface area contributed by atoms with Gasteiger partial charge in [-0.25, -0.2) is 4.79 Å². The average Bonchev–Trinajstić information content (AvgIpc) is 3.03. The van der Waals surface area contributed by atoms with Gasteiger partial charge in [-0.15, -0.1) is 0 Å². The zero-order chi connectivity index (χ0) is 17.6. The summed E-state index contributed by atoms with van der Waals surface area (Å²) in [6, 6.07) is 6.63. The van der Waals surface area contributed by atoms with Crippen molar-refractivity contribution in [2.24, 2.45) is 5.73 Å². The summed E-state index contributed by atoms with van der Waals surface area (Å²) in [6.07, 6.45) is 3.53. The first-order valence-corrected chi connectivity index (χ1v) is 8.38. The average molecular weight is 334 g/mol. The predicted molar refractivity (Wildman–Crippen MR) is 90.6 cm³/mol. The van der Waals surface area contributed by atoms with E-state index in [0.29, 0.717) is 19.3 Å². The van der Waals surface area contributed by atoms with Crippen LogP contribution in [-0.2, 0) is 20.7 Å². The molecule has 6 heteroatoms. The van der Waals surface area contributed by atoms with Gasteiger partial charge in [0.15, 0.2) is 0 Å². The van der Waals surface area contributed by atoms with Crippen molar-refractivity contribution in [3.63, 3.8) is 0 Å².